The third-order valence-corrected chi connectivity index (χ3v) is 3.64. The number of carboxylic acids is 1. The number of nitrogens with one attached hydrogen (secondary N) is 2. The minimum absolute atomic E-state index is 0.234. The zero-order valence-electron chi connectivity index (χ0n) is 14.9. The molecule has 5 N–H and O–H groups in total. The van der Waals surface area contributed by atoms with E-state index < -0.39 is 24.6 Å². The number of carboxylic acid groups (broad SMARTS) is 1. The van der Waals surface area contributed by atoms with Crippen molar-refractivity contribution in [3.8, 4) is 11.3 Å². The van der Waals surface area contributed by atoms with Crippen LogP contribution in [0.2, 0.25) is 0 Å². The topological polar surface area (TPSA) is 104 Å². The molecule has 0 amide bonds. The van der Waals surface area contributed by atoms with Crippen LogP contribution >= 0.6 is 0 Å². The van der Waals surface area contributed by atoms with Crippen molar-refractivity contribution in [1.29, 1.82) is 0 Å². The first-order chi connectivity index (χ1) is 13.1. The molecule has 28 heavy (non-hydrogen) atoms. The summed E-state index contributed by atoms with van der Waals surface area (Å²) in [7, 11) is 0. The van der Waals surface area contributed by atoms with E-state index >= 15 is 0 Å². The largest absolute Gasteiger partial charge is 0.490 e. The molecular weight excluding hydrogens is 387 g/mol. The molecule has 1 unspecified atom stereocenters. The molecule has 0 saturated carbocycles. The first-order valence-electron chi connectivity index (χ1n) is 8.17. The van der Waals surface area contributed by atoms with Gasteiger partial charge >= 0.3 is 12.1 Å². The van der Waals surface area contributed by atoms with Crippen molar-refractivity contribution in [3.63, 3.8) is 0 Å². The summed E-state index contributed by atoms with van der Waals surface area (Å²) in [6, 6.07) is 7.08. The number of benzene rings is 1. The normalized spacial score (nSPS) is 12.4. The quantitative estimate of drug-likeness (QED) is 0.527. The predicted molar refractivity (Wildman–Crippen MR) is 92.8 cm³/mol. The second-order valence-corrected chi connectivity index (χ2v) is 5.84. The first kappa shape index (κ1) is 23.5. The molecule has 0 bridgehead atoms. The number of aromatic nitrogens is 2. The number of nitrogens with two attached hydrogens (primary N) is 1. The molecule has 1 aromatic heterocycles. The van der Waals surface area contributed by atoms with Gasteiger partial charge < -0.3 is 16.2 Å². The molecule has 1 heterocycles. The summed E-state index contributed by atoms with van der Waals surface area (Å²) in [6.45, 7) is 2.58. The summed E-state index contributed by atoms with van der Waals surface area (Å²) in [5, 5.41) is 16.9. The van der Waals surface area contributed by atoms with E-state index in [0.29, 0.717) is 6.54 Å². The monoisotopic (exact) mass is 408 g/mol. The van der Waals surface area contributed by atoms with Crippen LogP contribution in [-0.2, 0) is 11.3 Å². The zero-order valence-corrected chi connectivity index (χ0v) is 14.9. The molecule has 0 fully saturated rings. The molecule has 0 spiro atoms. The van der Waals surface area contributed by atoms with E-state index in [-0.39, 0.29) is 13.0 Å². The van der Waals surface area contributed by atoms with Crippen LogP contribution in [0, 0.1) is 6.92 Å². The maximum Gasteiger partial charge on any atom is 0.490 e. The minimum atomic E-state index is -5.08. The molecule has 1 aromatic carbocycles. The van der Waals surface area contributed by atoms with E-state index in [9.17, 15) is 22.0 Å². The number of nitrogens with zero attached hydrogens (tertiary/aromatic N) is 1. The molecule has 2 rings (SSSR count). The zero-order chi connectivity index (χ0) is 21.3. The van der Waals surface area contributed by atoms with Gasteiger partial charge in [0.15, 0.2) is 0 Å². The summed E-state index contributed by atoms with van der Waals surface area (Å²) >= 11 is 0. The van der Waals surface area contributed by atoms with E-state index in [2.05, 4.69) is 15.5 Å². The summed E-state index contributed by atoms with van der Waals surface area (Å²) in [5.41, 5.74) is 9.23. The lowest BCUT2D eigenvalue weighted by molar-refractivity contribution is -0.192. The number of H-pyrrole nitrogens is 1. The fourth-order valence-corrected chi connectivity index (χ4v) is 2.15. The Balaban J connectivity index is 0.000000480. The summed E-state index contributed by atoms with van der Waals surface area (Å²) < 4.78 is 57.4. The van der Waals surface area contributed by atoms with Gasteiger partial charge in [-0.1, -0.05) is 29.8 Å². The molecular formula is C17H21F5N4O2. The maximum atomic E-state index is 12.8. The van der Waals surface area contributed by atoms with Crippen LogP contribution in [0.1, 0.15) is 17.5 Å². The van der Waals surface area contributed by atoms with Gasteiger partial charge in [-0.25, -0.2) is 13.6 Å². The Morgan fingerprint density at radius 3 is 2.32 bits per heavy atom. The fourth-order valence-electron chi connectivity index (χ4n) is 2.15. The van der Waals surface area contributed by atoms with Gasteiger partial charge in [0, 0.05) is 12.1 Å². The first-order valence-corrected chi connectivity index (χ1v) is 8.17. The number of aliphatic carboxylic acids is 1. The van der Waals surface area contributed by atoms with Crippen LogP contribution in [0.4, 0.5) is 22.0 Å². The predicted octanol–water partition coefficient (Wildman–Crippen LogP) is 3.09. The van der Waals surface area contributed by atoms with Crippen molar-refractivity contribution in [2.45, 2.75) is 38.5 Å². The number of aryl methyl sites for hydroxylation is 1. The average Bonchev–Trinajstić information content (AvgIpc) is 3.07. The van der Waals surface area contributed by atoms with E-state index in [1.807, 2.05) is 31.2 Å². The Morgan fingerprint density at radius 1 is 1.29 bits per heavy atom. The van der Waals surface area contributed by atoms with Crippen molar-refractivity contribution in [2.24, 2.45) is 5.73 Å². The minimum Gasteiger partial charge on any atom is -0.475 e. The van der Waals surface area contributed by atoms with Crippen molar-refractivity contribution in [1.82, 2.24) is 15.5 Å². The molecule has 2 aromatic rings. The molecule has 0 saturated heterocycles. The van der Waals surface area contributed by atoms with Gasteiger partial charge in [0.1, 0.15) is 0 Å². The van der Waals surface area contributed by atoms with Crippen LogP contribution in [-0.4, -0.2) is 46.5 Å². The lowest BCUT2D eigenvalue weighted by atomic mass is 10.1. The van der Waals surface area contributed by atoms with Crippen molar-refractivity contribution < 1.29 is 31.9 Å². The van der Waals surface area contributed by atoms with Gasteiger partial charge in [0.05, 0.1) is 17.9 Å². The summed E-state index contributed by atoms with van der Waals surface area (Å²) in [4.78, 5) is 8.90. The van der Waals surface area contributed by atoms with Gasteiger partial charge in [0.25, 0.3) is 6.43 Å². The third-order valence-electron chi connectivity index (χ3n) is 3.64. The molecule has 6 nitrogen and oxygen atoms in total. The highest BCUT2D eigenvalue weighted by molar-refractivity contribution is 5.73. The van der Waals surface area contributed by atoms with Crippen molar-refractivity contribution >= 4 is 5.97 Å². The number of hydrogen-bond donors (Lipinski definition) is 4. The SMILES string of the molecule is Cc1ccc(-c2[nH]ncc2CNC(CCN)C(F)F)cc1.O=C(O)C(F)(F)F. The van der Waals surface area contributed by atoms with Crippen LogP contribution in [0.5, 0.6) is 0 Å². The third kappa shape index (κ3) is 7.61. The lowest BCUT2D eigenvalue weighted by Crippen LogP contribution is -2.36. The van der Waals surface area contributed by atoms with E-state index in [1.165, 1.54) is 5.56 Å². The van der Waals surface area contributed by atoms with Gasteiger partial charge in [-0.05, 0) is 25.5 Å². The van der Waals surface area contributed by atoms with Gasteiger partial charge in [-0.2, -0.15) is 18.3 Å². The molecule has 0 aliphatic rings. The highest BCUT2D eigenvalue weighted by Crippen LogP contribution is 2.21. The molecule has 1 atom stereocenters. The highest BCUT2D eigenvalue weighted by Gasteiger charge is 2.38. The second-order valence-electron chi connectivity index (χ2n) is 5.84. The Bertz CT molecular complexity index is 732. The molecule has 0 aliphatic carbocycles. The number of aromatic amines is 1. The maximum absolute atomic E-state index is 12.8. The molecule has 0 aliphatic heterocycles. The summed E-state index contributed by atoms with van der Waals surface area (Å²) in [5.74, 6) is -2.76. The van der Waals surface area contributed by atoms with E-state index in [1.54, 1.807) is 6.20 Å². The highest BCUT2D eigenvalue weighted by atomic mass is 19.4. The Morgan fingerprint density at radius 2 is 1.86 bits per heavy atom. The average molecular weight is 408 g/mol. The molecule has 0 radical (unpaired) electrons. The van der Waals surface area contributed by atoms with Gasteiger partial charge in [0.2, 0.25) is 0 Å². The number of alkyl halides is 5. The van der Waals surface area contributed by atoms with Crippen LogP contribution in [0.3, 0.4) is 0 Å². The molecule has 156 valence electrons. The number of halogens is 5. The number of carbonyl (C=O) groups is 1. The van der Waals surface area contributed by atoms with Crippen LogP contribution in [0.15, 0.2) is 30.5 Å². The van der Waals surface area contributed by atoms with Gasteiger partial charge in [-0.15, -0.1) is 0 Å². The number of hydrogen-bond acceptors (Lipinski definition) is 4. The lowest BCUT2D eigenvalue weighted by Gasteiger charge is -2.17. The Hall–Kier alpha value is -2.53. The van der Waals surface area contributed by atoms with E-state index in [0.717, 1.165) is 16.8 Å². The fraction of sp³-hybridized carbons (Fsp3) is 0.412. The Kier molecular flexibility index (Phi) is 9.00. The smallest absolute Gasteiger partial charge is 0.475 e. The molecule has 11 heteroatoms. The van der Waals surface area contributed by atoms with Gasteiger partial charge in [-0.3, -0.25) is 5.10 Å². The second kappa shape index (κ2) is 10.7. The summed E-state index contributed by atoms with van der Waals surface area (Å²) in [6.07, 6.45) is -5.61. The van der Waals surface area contributed by atoms with Crippen LogP contribution < -0.4 is 11.1 Å². The Labute approximate surface area is 157 Å². The van der Waals surface area contributed by atoms with Crippen LogP contribution in [0.25, 0.3) is 11.3 Å². The van der Waals surface area contributed by atoms with E-state index in [4.69, 9.17) is 15.6 Å². The number of rotatable bonds is 7. The van der Waals surface area contributed by atoms with Crippen molar-refractivity contribution in [3.05, 3.63) is 41.6 Å². The van der Waals surface area contributed by atoms with Crippen molar-refractivity contribution in [2.75, 3.05) is 6.54 Å². The standard InChI is InChI=1S/C15H20F2N4.C2HF3O2/c1-10-2-4-11(5-3-10)14-12(9-20-21-14)8-19-13(6-7-18)15(16)17;3-2(4,5)1(6)7/h2-5,9,13,15,19H,6-8,18H2,1H3,(H,20,21);(H,6,7).